The molecule has 1 unspecified atom stereocenters. The molecular weight excluding hydrogens is 450 g/mol. The van der Waals surface area contributed by atoms with Crippen LogP contribution in [0.25, 0.3) is 11.0 Å². The summed E-state index contributed by atoms with van der Waals surface area (Å²) < 4.78 is 13.2. The van der Waals surface area contributed by atoms with Gasteiger partial charge in [0.1, 0.15) is 17.3 Å². The van der Waals surface area contributed by atoms with E-state index in [1.54, 1.807) is 31.4 Å². The summed E-state index contributed by atoms with van der Waals surface area (Å²) in [5.74, 6) is 2.28. The lowest BCUT2D eigenvalue weighted by Gasteiger charge is -2.17. The van der Waals surface area contributed by atoms with Crippen LogP contribution in [0.2, 0.25) is 5.02 Å². The molecule has 1 heterocycles. The number of aryl methyl sites for hydroxylation is 1. The van der Waals surface area contributed by atoms with Gasteiger partial charge in [-0.3, -0.25) is 4.79 Å². The Kier molecular flexibility index (Phi) is 7.70. The van der Waals surface area contributed by atoms with Crippen LogP contribution in [0.4, 0.5) is 0 Å². The normalized spacial score (nSPS) is 11.9. The van der Waals surface area contributed by atoms with Crippen molar-refractivity contribution >= 4 is 28.5 Å². The van der Waals surface area contributed by atoms with E-state index in [0.29, 0.717) is 17.2 Å². The van der Waals surface area contributed by atoms with Gasteiger partial charge in [0.05, 0.1) is 30.8 Å². The van der Waals surface area contributed by atoms with E-state index < -0.39 is 0 Å². The molecule has 1 aromatic heterocycles. The topological polar surface area (TPSA) is 65.4 Å². The van der Waals surface area contributed by atoms with Gasteiger partial charge >= 0.3 is 0 Å². The van der Waals surface area contributed by atoms with Gasteiger partial charge in [-0.25, -0.2) is 4.98 Å². The Morgan fingerprint density at radius 3 is 2.56 bits per heavy atom. The molecule has 0 aliphatic carbocycles. The molecule has 176 valence electrons. The van der Waals surface area contributed by atoms with Crippen molar-refractivity contribution < 1.29 is 14.3 Å². The highest BCUT2D eigenvalue weighted by Crippen LogP contribution is 2.23. The van der Waals surface area contributed by atoms with Crippen LogP contribution in [0, 0.1) is 0 Å². The Hall–Kier alpha value is -3.51. The predicted octanol–water partition coefficient (Wildman–Crippen LogP) is 6.05. The second-order valence-corrected chi connectivity index (χ2v) is 8.48. The number of amides is 1. The number of hydrogen-bond acceptors (Lipinski definition) is 4. The van der Waals surface area contributed by atoms with Gasteiger partial charge in [0.2, 0.25) is 0 Å². The van der Waals surface area contributed by atoms with Crippen LogP contribution >= 0.6 is 11.6 Å². The molecule has 0 fully saturated rings. The highest BCUT2D eigenvalue weighted by Gasteiger charge is 2.19. The lowest BCUT2D eigenvalue weighted by atomic mass is 10.2. The summed E-state index contributed by atoms with van der Waals surface area (Å²) in [6, 6.07) is 22.3. The van der Waals surface area contributed by atoms with Crippen LogP contribution in [-0.2, 0) is 6.54 Å². The third kappa shape index (κ3) is 5.69. The number of carbonyl (C=O) groups is 1. The van der Waals surface area contributed by atoms with E-state index >= 15 is 0 Å². The van der Waals surface area contributed by atoms with Crippen molar-refractivity contribution in [3.63, 3.8) is 0 Å². The number of hydrogen-bond donors (Lipinski definition) is 1. The van der Waals surface area contributed by atoms with E-state index in [9.17, 15) is 4.79 Å². The highest BCUT2D eigenvalue weighted by atomic mass is 35.5. The van der Waals surface area contributed by atoms with Crippen molar-refractivity contribution in [2.24, 2.45) is 0 Å². The molecule has 6 nitrogen and oxygen atoms in total. The van der Waals surface area contributed by atoms with Crippen LogP contribution in [-0.4, -0.2) is 29.2 Å². The summed E-state index contributed by atoms with van der Waals surface area (Å²) in [5.41, 5.74) is 2.49. The first kappa shape index (κ1) is 23.6. The van der Waals surface area contributed by atoms with Gasteiger partial charge in [0.25, 0.3) is 5.91 Å². The maximum absolute atomic E-state index is 12.8. The summed E-state index contributed by atoms with van der Waals surface area (Å²) in [7, 11) is 1.65. The number of benzene rings is 3. The molecule has 1 amide bonds. The second kappa shape index (κ2) is 11.1. The van der Waals surface area contributed by atoms with Gasteiger partial charge in [-0.05, 0) is 74.4 Å². The first-order chi connectivity index (χ1) is 16.5. The molecule has 0 saturated carbocycles. The molecule has 3 aromatic carbocycles. The Bertz CT molecular complexity index is 1250. The molecule has 4 aromatic rings. The quantitative estimate of drug-likeness (QED) is 0.282. The third-order valence-electron chi connectivity index (χ3n) is 5.61. The van der Waals surface area contributed by atoms with Gasteiger partial charge in [-0.1, -0.05) is 29.8 Å². The number of methoxy groups -OCH3 is 1. The monoisotopic (exact) mass is 477 g/mol. The number of imidazole rings is 1. The second-order valence-electron chi connectivity index (χ2n) is 8.05. The number of rotatable bonds is 10. The number of aromatic nitrogens is 2. The van der Waals surface area contributed by atoms with Gasteiger partial charge in [-0.15, -0.1) is 0 Å². The van der Waals surface area contributed by atoms with E-state index in [4.69, 9.17) is 26.1 Å². The maximum atomic E-state index is 12.8. The van der Waals surface area contributed by atoms with E-state index in [-0.39, 0.29) is 11.9 Å². The summed E-state index contributed by atoms with van der Waals surface area (Å²) in [6.07, 6.45) is 1.81. The Balaban J connectivity index is 1.40. The Morgan fingerprint density at radius 2 is 1.79 bits per heavy atom. The molecule has 1 atom stereocenters. The number of fused-ring (bicyclic) bond motifs is 1. The van der Waals surface area contributed by atoms with Crippen molar-refractivity contribution in [1.82, 2.24) is 14.9 Å². The first-order valence-corrected chi connectivity index (χ1v) is 11.7. The molecule has 0 spiro atoms. The molecule has 0 aliphatic rings. The van der Waals surface area contributed by atoms with Crippen molar-refractivity contribution in [2.75, 3.05) is 13.7 Å². The lowest BCUT2D eigenvalue weighted by molar-refractivity contribution is 0.0937. The molecule has 0 radical (unpaired) electrons. The van der Waals surface area contributed by atoms with Gasteiger partial charge < -0.3 is 19.4 Å². The van der Waals surface area contributed by atoms with E-state index in [1.807, 2.05) is 49.4 Å². The smallest absolute Gasteiger partial charge is 0.251 e. The summed E-state index contributed by atoms with van der Waals surface area (Å²) in [4.78, 5) is 17.6. The van der Waals surface area contributed by atoms with E-state index in [1.165, 1.54) is 0 Å². The van der Waals surface area contributed by atoms with Crippen LogP contribution in [0.5, 0.6) is 11.5 Å². The van der Waals surface area contributed by atoms with E-state index in [2.05, 4.69) is 16.0 Å². The largest absolute Gasteiger partial charge is 0.497 e. The molecule has 0 aliphatic heterocycles. The maximum Gasteiger partial charge on any atom is 0.251 e. The zero-order valence-electron chi connectivity index (χ0n) is 19.3. The van der Waals surface area contributed by atoms with Crippen LogP contribution in [0.3, 0.4) is 0 Å². The average molecular weight is 478 g/mol. The summed E-state index contributed by atoms with van der Waals surface area (Å²) in [5, 5.41) is 3.59. The Morgan fingerprint density at radius 1 is 1.03 bits per heavy atom. The first-order valence-electron chi connectivity index (χ1n) is 11.3. The van der Waals surface area contributed by atoms with Gasteiger partial charge in [0, 0.05) is 17.1 Å². The number of halogens is 1. The number of carbonyl (C=O) groups excluding carboxylic acids is 1. The summed E-state index contributed by atoms with van der Waals surface area (Å²) in [6.45, 7) is 3.35. The minimum Gasteiger partial charge on any atom is -0.497 e. The minimum atomic E-state index is -0.269. The molecule has 0 bridgehead atoms. The SMILES string of the molecule is COc1ccc(OCCCCn2c(C(C)NC(=O)c3cccc(Cl)c3)nc3ccccc32)cc1. The zero-order valence-corrected chi connectivity index (χ0v) is 20.1. The van der Waals surface area contributed by atoms with E-state index in [0.717, 1.165) is 47.7 Å². The molecule has 4 rings (SSSR count). The number of nitrogens with zero attached hydrogens (tertiary/aromatic N) is 2. The number of para-hydroxylation sites is 2. The van der Waals surface area contributed by atoms with Crippen LogP contribution in [0.15, 0.2) is 72.8 Å². The molecular formula is C27H28ClN3O3. The van der Waals surface area contributed by atoms with Gasteiger partial charge in [0.15, 0.2) is 0 Å². The molecule has 34 heavy (non-hydrogen) atoms. The fourth-order valence-electron chi connectivity index (χ4n) is 3.87. The third-order valence-corrected chi connectivity index (χ3v) is 5.85. The fourth-order valence-corrected chi connectivity index (χ4v) is 4.06. The Labute approximate surface area is 204 Å². The minimum absolute atomic E-state index is 0.179. The molecule has 1 N–H and O–H groups in total. The highest BCUT2D eigenvalue weighted by molar-refractivity contribution is 6.30. The van der Waals surface area contributed by atoms with Crippen molar-refractivity contribution in [1.29, 1.82) is 0 Å². The van der Waals surface area contributed by atoms with Crippen molar-refractivity contribution in [3.8, 4) is 11.5 Å². The number of unbranched alkanes of at least 4 members (excludes halogenated alkanes) is 1. The molecule has 7 heteroatoms. The standard InChI is InChI=1S/C27H28ClN3O3/c1-19(29-27(32)20-8-7-9-21(28)18-20)26-30-24-10-3-4-11-25(24)31(26)16-5-6-17-34-23-14-12-22(33-2)13-15-23/h3-4,7-15,18-19H,5-6,16-17H2,1-2H3,(H,29,32). The molecule has 0 saturated heterocycles. The van der Waals surface area contributed by atoms with Crippen molar-refractivity contribution in [3.05, 3.63) is 89.2 Å². The number of nitrogens with one attached hydrogen (secondary N) is 1. The van der Waals surface area contributed by atoms with Crippen LogP contribution in [0.1, 0.15) is 42.0 Å². The fraction of sp³-hybridized carbons (Fsp3) is 0.259. The number of ether oxygens (including phenoxy) is 2. The lowest BCUT2D eigenvalue weighted by Crippen LogP contribution is -2.28. The van der Waals surface area contributed by atoms with Crippen LogP contribution < -0.4 is 14.8 Å². The predicted molar refractivity (Wildman–Crippen MR) is 135 cm³/mol. The van der Waals surface area contributed by atoms with Crippen molar-refractivity contribution in [2.45, 2.75) is 32.4 Å². The average Bonchev–Trinajstić information content (AvgIpc) is 3.23. The summed E-state index contributed by atoms with van der Waals surface area (Å²) >= 11 is 6.04. The zero-order chi connectivity index (χ0) is 23.9. The van der Waals surface area contributed by atoms with Gasteiger partial charge in [-0.2, -0.15) is 0 Å².